The highest BCUT2D eigenvalue weighted by molar-refractivity contribution is 6.06. The molecule has 5 rings (SSSR count). The second-order valence-corrected chi connectivity index (χ2v) is 10.6. The second kappa shape index (κ2) is 11.9. The van der Waals surface area contributed by atoms with Crippen molar-refractivity contribution in [3.63, 3.8) is 0 Å². The number of carbonyl (C=O) groups excluding carboxylic acids is 1. The van der Waals surface area contributed by atoms with Gasteiger partial charge in [0.15, 0.2) is 5.69 Å². The molecule has 1 unspecified atom stereocenters. The Hall–Kier alpha value is -5.16. The number of rotatable bonds is 10. The molecule has 0 fully saturated rings. The molecular formula is C33H31N5O3. The van der Waals surface area contributed by atoms with Gasteiger partial charge in [0.05, 0.1) is 30.7 Å². The molecular weight excluding hydrogens is 514 g/mol. The lowest BCUT2D eigenvalue weighted by Gasteiger charge is -2.17. The molecule has 0 saturated carbocycles. The van der Waals surface area contributed by atoms with Gasteiger partial charge in [-0.05, 0) is 34.2 Å². The normalized spacial score (nSPS) is 11.9. The van der Waals surface area contributed by atoms with E-state index in [0.717, 1.165) is 33.2 Å². The fourth-order valence-electron chi connectivity index (χ4n) is 5.07. The number of carboxylic acids is 1. The zero-order valence-corrected chi connectivity index (χ0v) is 23.0. The van der Waals surface area contributed by atoms with Crippen LogP contribution in [0.5, 0.6) is 0 Å². The van der Waals surface area contributed by atoms with Crippen LogP contribution in [0.4, 0.5) is 5.69 Å². The molecule has 0 bridgehead atoms. The predicted octanol–water partition coefficient (Wildman–Crippen LogP) is 6.38. The molecule has 1 atom stereocenters. The number of aromatic nitrogens is 3. The molecule has 0 saturated heterocycles. The Balaban J connectivity index is 1.50. The van der Waals surface area contributed by atoms with E-state index >= 15 is 0 Å². The summed E-state index contributed by atoms with van der Waals surface area (Å²) in [5.41, 5.74) is 4.62. The van der Waals surface area contributed by atoms with Crippen molar-refractivity contribution >= 4 is 28.3 Å². The number of hydrogen-bond donors (Lipinski definition) is 2. The molecule has 0 spiro atoms. The zero-order valence-electron chi connectivity index (χ0n) is 23.0. The second-order valence-electron chi connectivity index (χ2n) is 10.6. The van der Waals surface area contributed by atoms with E-state index in [-0.39, 0.29) is 5.92 Å². The van der Waals surface area contributed by atoms with Crippen LogP contribution in [0.3, 0.4) is 0 Å². The summed E-state index contributed by atoms with van der Waals surface area (Å²) in [4.78, 5) is 33.4. The fourth-order valence-corrected chi connectivity index (χ4v) is 5.07. The molecule has 2 heterocycles. The summed E-state index contributed by atoms with van der Waals surface area (Å²) in [6.45, 7) is 12.1. The minimum atomic E-state index is -1.05. The third-order valence-corrected chi connectivity index (χ3v) is 7.08. The molecule has 2 N–H and O–H groups in total. The number of carbonyl (C=O) groups is 2. The summed E-state index contributed by atoms with van der Waals surface area (Å²) in [7, 11) is 0. The number of hydrogen-bond acceptors (Lipinski definition) is 3. The van der Waals surface area contributed by atoms with E-state index in [9.17, 15) is 14.7 Å². The van der Waals surface area contributed by atoms with Crippen LogP contribution < -0.4 is 5.32 Å². The number of nitrogens with one attached hydrogen (secondary N) is 1. The minimum absolute atomic E-state index is 0.108. The van der Waals surface area contributed by atoms with Crippen LogP contribution in [0, 0.1) is 12.5 Å². The van der Waals surface area contributed by atoms with Gasteiger partial charge in [-0.15, -0.1) is 0 Å². The smallest absolute Gasteiger partial charge is 0.326 e. The molecule has 0 aliphatic carbocycles. The number of benzene rings is 3. The van der Waals surface area contributed by atoms with Crippen molar-refractivity contribution in [1.29, 1.82) is 0 Å². The Morgan fingerprint density at radius 2 is 1.73 bits per heavy atom. The fraction of sp³-hybridized carbons (Fsp3) is 0.212. The number of aliphatic carboxylic acids is 1. The van der Waals surface area contributed by atoms with E-state index in [4.69, 9.17) is 6.57 Å². The number of imidazole rings is 1. The summed E-state index contributed by atoms with van der Waals surface area (Å²) in [6, 6.07) is 20.5. The van der Waals surface area contributed by atoms with Crippen molar-refractivity contribution in [2.45, 2.75) is 39.4 Å². The summed E-state index contributed by atoms with van der Waals surface area (Å²) >= 11 is 0. The average molecular weight is 546 g/mol. The van der Waals surface area contributed by atoms with Gasteiger partial charge in [-0.1, -0.05) is 80.6 Å². The highest BCUT2D eigenvalue weighted by Gasteiger charge is 2.25. The maximum Gasteiger partial charge on any atom is 0.326 e. The molecule has 5 aromatic rings. The van der Waals surface area contributed by atoms with Crippen molar-refractivity contribution in [3.8, 4) is 11.1 Å². The molecule has 1 amide bonds. The molecule has 0 aliphatic heterocycles. The Kier molecular flexibility index (Phi) is 7.97. The predicted molar refractivity (Wildman–Crippen MR) is 159 cm³/mol. The van der Waals surface area contributed by atoms with Gasteiger partial charge in [-0.2, -0.15) is 0 Å². The van der Waals surface area contributed by atoms with Gasteiger partial charge in [0.1, 0.15) is 6.04 Å². The third kappa shape index (κ3) is 6.20. The van der Waals surface area contributed by atoms with E-state index in [1.54, 1.807) is 30.9 Å². The minimum Gasteiger partial charge on any atom is -0.480 e. The van der Waals surface area contributed by atoms with E-state index in [1.807, 2.05) is 83.8 Å². The highest BCUT2D eigenvalue weighted by atomic mass is 16.4. The lowest BCUT2D eigenvalue weighted by atomic mass is 9.97. The Morgan fingerprint density at radius 3 is 2.46 bits per heavy atom. The first kappa shape index (κ1) is 27.4. The third-order valence-electron chi connectivity index (χ3n) is 7.08. The van der Waals surface area contributed by atoms with Crippen molar-refractivity contribution in [2.24, 2.45) is 5.92 Å². The average Bonchev–Trinajstić information content (AvgIpc) is 3.59. The van der Waals surface area contributed by atoms with Crippen LogP contribution in [0.15, 0.2) is 91.6 Å². The van der Waals surface area contributed by atoms with Gasteiger partial charge in [0.2, 0.25) is 0 Å². The van der Waals surface area contributed by atoms with Crippen LogP contribution in [0.1, 0.15) is 41.9 Å². The van der Waals surface area contributed by atoms with E-state index in [1.165, 1.54) is 0 Å². The van der Waals surface area contributed by atoms with Gasteiger partial charge in [0, 0.05) is 30.7 Å². The maximum absolute atomic E-state index is 13.6. The maximum atomic E-state index is 13.6. The molecule has 8 heteroatoms. The van der Waals surface area contributed by atoms with Crippen molar-refractivity contribution in [1.82, 2.24) is 19.4 Å². The lowest BCUT2D eigenvalue weighted by molar-refractivity contribution is -0.139. The van der Waals surface area contributed by atoms with E-state index in [0.29, 0.717) is 30.8 Å². The Labute approximate surface area is 238 Å². The first-order valence-corrected chi connectivity index (χ1v) is 13.5. The van der Waals surface area contributed by atoms with Crippen LogP contribution in [0.25, 0.3) is 26.7 Å². The summed E-state index contributed by atoms with van der Waals surface area (Å²) in [6.07, 6.45) is 7.62. The molecule has 3 aromatic carbocycles. The van der Waals surface area contributed by atoms with Crippen LogP contribution in [-0.4, -0.2) is 37.1 Å². The molecule has 8 nitrogen and oxygen atoms in total. The standard InChI is InChI=1S/C33H31N5O3/c1-22(2)15-31(33(40)41)36-32(39)30-20-37(19-29(30)28-10-6-8-24-7-4-5-9-27(24)28)18-26-16-35-21-38(26)17-23-11-13-25(34-3)14-12-23/h4-14,16,19-22,31H,15,17-18H2,1-2H3,(H,36,39)(H,40,41). The summed E-state index contributed by atoms with van der Waals surface area (Å²) in [5, 5.41) is 14.6. The molecule has 206 valence electrons. The monoisotopic (exact) mass is 545 g/mol. The topological polar surface area (TPSA) is 93.5 Å². The lowest BCUT2D eigenvalue weighted by Crippen LogP contribution is -2.41. The van der Waals surface area contributed by atoms with Crippen LogP contribution in [-0.2, 0) is 17.9 Å². The summed E-state index contributed by atoms with van der Waals surface area (Å²) < 4.78 is 3.98. The SMILES string of the molecule is [C-]#[N+]c1ccc(Cn2cncc2Cn2cc(C(=O)NC(CC(C)C)C(=O)O)c(-c3cccc4ccccc34)c2)cc1. The molecule has 0 aliphatic rings. The van der Waals surface area contributed by atoms with E-state index < -0.39 is 17.9 Å². The Bertz CT molecular complexity index is 1740. The molecule has 0 radical (unpaired) electrons. The van der Waals surface area contributed by atoms with Crippen molar-refractivity contribution < 1.29 is 14.7 Å². The number of carboxylic acid groups (broad SMARTS) is 1. The zero-order chi connectivity index (χ0) is 28.9. The van der Waals surface area contributed by atoms with Gasteiger partial charge in [0.25, 0.3) is 5.91 Å². The molecule has 41 heavy (non-hydrogen) atoms. The largest absolute Gasteiger partial charge is 0.480 e. The van der Waals surface area contributed by atoms with Crippen LogP contribution >= 0.6 is 0 Å². The molecule has 2 aromatic heterocycles. The van der Waals surface area contributed by atoms with Crippen molar-refractivity contribution in [3.05, 3.63) is 120 Å². The van der Waals surface area contributed by atoms with E-state index in [2.05, 4.69) is 15.1 Å². The first-order valence-electron chi connectivity index (χ1n) is 13.5. The number of amides is 1. The quantitative estimate of drug-likeness (QED) is 0.199. The van der Waals surface area contributed by atoms with Gasteiger partial charge >= 0.3 is 5.97 Å². The highest BCUT2D eigenvalue weighted by Crippen LogP contribution is 2.32. The van der Waals surface area contributed by atoms with Gasteiger partial charge < -0.3 is 19.6 Å². The van der Waals surface area contributed by atoms with Gasteiger partial charge in [-0.3, -0.25) is 4.79 Å². The summed E-state index contributed by atoms with van der Waals surface area (Å²) in [5.74, 6) is -1.36. The Morgan fingerprint density at radius 1 is 0.976 bits per heavy atom. The van der Waals surface area contributed by atoms with Gasteiger partial charge in [-0.25, -0.2) is 14.6 Å². The first-order chi connectivity index (χ1) is 19.8. The number of nitrogens with zero attached hydrogens (tertiary/aromatic N) is 4. The number of fused-ring (bicyclic) bond motifs is 1. The van der Waals surface area contributed by atoms with Crippen molar-refractivity contribution in [2.75, 3.05) is 0 Å². The van der Waals surface area contributed by atoms with Crippen LogP contribution in [0.2, 0.25) is 0 Å².